The zero-order valence-corrected chi connectivity index (χ0v) is 21.8. The molecule has 180 valence electrons. The van der Waals surface area contributed by atoms with Crippen LogP contribution in [0.15, 0.2) is 29.3 Å². The zero-order chi connectivity index (χ0) is 21.9. The summed E-state index contributed by atoms with van der Waals surface area (Å²) in [5.41, 5.74) is 0. The van der Waals surface area contributed by atoms with E-state index in [1.165, 1.54) is 0 Å². The Hall–Kier alpha value is -1.75. The lowest BCUT2D eigenvalue weighted by Gasteiger charge is -2.36. The molecular weight excluding hydrogens is 521 g/mol. The van der Waals surface area contributed by atoms with Gasteiger partial charge in [0.05, 0.1) is 20.3 Å². The molecule has 0 aliphatic carbocycles. The number of carbonyl (C=O) groups is 1. The minimum absolute atomic E-state index is 0. The highest BCUT2D eigenvalue weighted by atomic mass is 127. The molecule has 2 aliphatic heterocycles. The van der Waals surface area contributed by atoms with E-state index in [0.29, 0.717) is 19.7 Å². The molecule has 2 aliphatic rings. The van der Waals surface area contributed by atoms with E-state index < -0.39 is 0 Å². The van der Waals surface area contributed by atoms with Crippen LogP contribution in [-0.2, 0) is 4.79 Å². The van der Waals surface area contributed by atoms with Crippen molar-refractivity contribution in [2.45, 2.75) is 26.2 Å². The van der Waals surface area contributed by atoms with E-state index in [4.69, 9.17) is 14.5 Å². The molecule has 2 saturated heterocycles. The number of aliphatic imine (C=N–C) groups is 1. The first-order valence-corrected chi connectivity index (χ1v) is 11.5. The zero-order valence-electron chi connectivity index (χ0n) is 19.4. The summed E-state index contributed by atoms with van der Waals surface area (Å²) in [6, 6.07) is 7.65. The first kappa shape index (κ1) is 26.5. The molecule has 0 unspecified atom stereocenters. The third kappa shape index (κ3) is 8.31. The molecule has 32 heavy (non-hydrogen) atoms. The van der Waals surface area contributed by atoms with Gasteiger partial charge in [0.2, 0.25) is 5.91 Å². The number of amides is 1. The molecule has 2 heterocycles. The molecule has 8 nitrogen and oxygen atoms in total. The number of hydrogen-bond acceptors (Lipinski definition) is 5. The molecule has 0 spiro atoms. The molecule has 0 atom stereocenters. The largest absolute Gasteiger partial charge is 0.497 e. The number of guanidine groups is 1. The van der Waals surface area contributed by atoms with Crippen molar-refractivity contribution in [3.63, 3.8) is 0 Å². The first-order chi connectivity index (χ1) is 15.2. The fourth-order valence-corrected chi connectivity index (χ4v) is 3.93. The van der Waals surface area contributed by atoms with Crippen LogP contribution in [-0.4, -0.2) is 99.2 Å². The maximum atomic E-state index is 12.4. The van der Waals surface area contributed by atoms with Crippen molar-refractivity contribution in [1.29, 1.82) is 0 Å². The summed E-state index contributed by atoms with van der Waals surface area (Å²) in [4.78, 5) is 23.7. The Morgan fingerprint density at radius 2 is 1.78 bits per heavy atom. The van der Waals surface area contributed by atoms with Gasteiger partial charge in [0.1, 0.15) is 11.5 Å². The molecule has 1 N–H and O–H groups in total. The van der Waals surface area contributed by atoms with Gasteiger partial charge in [-0.1, -0.05) is 6.07 Å². The number of nitrogens with one attached hydrogen (secondary N) is 1. The molecular formula is C23H38IN5O3. The lowest BCUT2D eigenvalue weighted by molar-refractivity contribution is -0.131. The van der Waals surface area contributed by atoms with E-state index >= 15 is 0 Å². The molecule has 0 saturated carbocycles. The van der Waals surface area contributed by atoms with Crippen molar-refractivity contribution >= 4 is 35.8 Å². The molecule has 1 aromatic carbocycles. The van der Waals surface area contributed by atoms with Crippen LogP contribution in [0.2, 0.25) is 0 Å². The second-order valence-electron chi connectivity index (χ2n) is 7.97. The van der Waals surface area contributed by atoms with Gasteiger partial charge in [-0.2, -0.15) is 0 Å². The molecule has 0 bridgehead atoms. The summed E-state index contributed by atoms with van der Waals surface area (Å²) in [5.74, 6) is 2.85. The highest BCUT2D eigenvalue weighted by Crippen LogP contribution is 2.18. The Bertz CT molecular complexity index is 719. The number of ether oxygens (including phenoxy) is 2. The Labute approximate surface area is 209 Å². The summed E-state index contributed by atoms with van der Waals surface area (Å²) in [6.07, 6.45) is 3.13. The average Bonchev–Trinajstić information content (AvgIpc) is 3.34. The quantitative estimate of drug-likeness (QED) is 0.217. The molecule has 0 radical (unpaired) electrons. The fraction of sp³-hybridized carbons (Fsp3) is 0.652. The molecule has 1 amide bonds. The van der Waals surface area contributed by atoms with Gasteiger partial charge in [0.15, 0.2) is 5.96 Å². The predicted molar refractivity (Wildman–Crippen MR) is 138 cm³/mol. The Morgan fingerprint density at radius 3 is 2.47 bits per heavy atom. The Morgan fingerprint density at radius 1 is 1.06 bits per heavy atom. The molecule has 3 rings (SSSR count). The summed E-state index contributed by atoms with van der Waals surface area (Å²) in [7, 11) is 1.65. The number of rotatable bonds is 9. The van der Waals surface area contributed by atoms with Crippen LogP contribution in [0.25, 0.3) is 0 Å². The number of piperazine rings is 1. The van der Waals surface area contributed by atoms with Crippen molar-refractivity contribution in [3.8, 4) is 11.5 Å². The second kappa shape index (κ2) is 14.4. The summed E-state index contributed by atoms with van der Waals surface area (Å²) < 4.78 is 11.0. The van der Waals surface area contributed by atoms with Gasteiger partial charge in [-0.25, -0.2) is 0 Å². The van der Waals surface area contributed by atoms with E-state index in [-0.39, 0.29) is 29.9 Å². The summed E-state index contributed by atoms with van der Waals surface area (Å²) in [5, 5.41) is 3.40. The third-order valence-electron chi connectivity index (χ3n) is 5.70. The van der Waals surface area contributed by atoms with Crippen molar-refractivity contribution in [1.82, 2.24) is 20.0 Å². The van der Waals surface area contributed by atoms with E-state index in [0.717, 1.165) is 82.5 Å². The number of hydrogen-bond donors (Lipinski definition) is 1. The average molecular weight is 559 g/mol. The number of halogens is 1. The highest BCUT2D eigenvalue weighted by molar-refractivity contribution is 14.0. The van der Waals surface area contributed by atoms with Crippen LogP contribution in [0.5, 0.6) is 11.5 Å². The maximum absolute atomic E-state index is 12.4. The smallest absolute Gasteiger partial charge is 0.236 e. The van der Waals surface area contributed by atoms with Crippen LogP contribution < -0.4 is 14.8 Å². The summed E-state index contributed by atoms with van der Waals surface area (Å²) in [6.45, 7) is 10.2. The fourth-order valence-electron chi connectivity index (χ4n) is 3.93. The number of benzene rings is 1. The predicted octanol–water partition coefficient (Wildman–Crippen LogP) is 2.29. The van der Waals surface area contributed by atoms with E-state index in [1.54, 1.807) is 7.11 Å². The molecule has 1 aromatic rings. The van der Waals surface area contributed by atoms with Crippen LogP contribution >= 0.6 is 24.0 Å². The van der Waals surface area contributed by atoms with E-state index in [9.17, 15) is 4.79 Å². The van der Waals surface area contributed by atoms with Gasteiger partial charge < -0.3 is 24.6 Å². The number of carbonyl (C=O) groups excluding carboxylic acids is 1. The lowest BCUT2D eigenvalue weighted by Crippen LogP contribution is -2.54. The Kier molecular flexibility index (Phi) is 11.9. The maximum Gasteiger partial charge on any atom is 0.236 e. The standard InChI is InChI=1S/C23H37N5O3.HI/c1-3-24-23(25-10-7-17-31-21-9-6-8-20(18-21)30-2)28-15-13-26(14-16-28)19-22(29)27-11-4-5-12-27;/h6,8-9,18H,3-5,7,10-17,19H2,1-2H3,(H,24,25);1H. The van der Waals surface area contributed by atoms with Crippen molar-refractivity contribution in [2.24, 2.45) is 4.99 Å². The van der Waals surface area contributed by atoms with Crippen molar-refractivity contribution in [3.05, 3.63) is 24.3 Å². The van der Waals surface area contributed by atoms with Crippen LogP contribution in [0.1, 0.15) is 26.2 Å². The Balaban J connectivity index is 0.00000363. The van der Waals surface area contributed by atoms with Crippen molar-refractivity contribution < 1.29 is 14.3 Å². The SMILES string of the molecule is CCNC(=NCCCOc1cccc(OC)c1)N1CCN(CC(=O)N2CCCC2)CC1.I. The highest BCUT2D eigenvalue weighted by Gasteiger charge is 2.24. The van der Waals surface area contributed by atoms with Gasteiger partial charge in [-0.05, 0) is 31.9 Å². The lowest BCUT2D eigenvalue weighted by atomic mass is 10.3. The molecule has 0 aromatic heterocycles. The monoisotopic (exact) mass is 559 g/mol. The van der Waals surface area contributed by atoms with E-state index in [2.05, 4.69) is 22.0 Å². The molecule has 9 heteroatoms. The summed E-state index contributed by atoms with van der Waals surface area (Å²) >= 11 is 0. The van der Waals surface area contributed by atoms with Gasteiger partial charge in [-0.3, -0.25) is 14.7 Å². The van der Waals surface area contributed by atoms with Crippen molar-refractivity contribution in [2.75, 3.05) is 72.6 Å². The second-order valence-corrected chi connectivity index (χ2v) is 7.97. The van der Waals surface area contributed by atoms with Crippen LogP contribution in [0, 0.1) is 0 Å². The molecule has 2 fully saturated rings. The van der Waals surface area contributed by atoms with Crippen LogP contribution in [0.3, 0.4) is 0 Å². The normalized spacial score (nSPS) is 17.1. The topological polar surface area (TPSA) is 69.6 Å². The minimum Gasteiger partial charge on any atom is -0.497 e. The van der Waals surface area contributed by atoms with Gasteiger partial charge in [0, 0.05) is 64.8 Å². The third-order valence-corrected chi connectivity index (χ3v) is 5.70. The minimum atomic E-state index is 0. The van der Waals surface area contributed by atoms with Gasteiger partial charge in [0.25, 0.3) is 0 Å². The number of likely N-dealkylation sites (tertiary alicyclic amines) is 1. The van der Waals surface area contributed by atoms with Gasteiger partial charge in [-0.15, -0.1) is 24.0 Å². The number of methoxy groups -OCH3 is 1. The van der Waals surface area contributed by atoms with Gasteiger partial charge >= 0.3 is 0 Å². The first-order valence-electron chi connectivity index (χ1n) is 11.5. The van der Waals surface area contributed by atoms with E-state index in [1.807, 2.05) is 29.2 Å². The van der Waals surface area contributed by atoms with Crippen LogP contribution in [0.4, 0.5) is 0 Å². The number of nitrogens with zero attached hydrogens (tertiary/aromatic N) is 4.